The minimum Gasteiger partial charge on any atom is -0.508 e. The Morgan fingerprint density at radius 2 is 2.15 bits per heavy atom. The lowest BCUT2D eigenvalue weighted by Crippen LogP contribution is -1.99. The number of nitrogens with two attached hydrogens (primary N) is 1. The van der Waals surface area contributed by atoms with E-state index in [1.54, 1.807) is 18.3 Å². The summed E-state index contributed by atoms with van der Waals surface area (Å²) in [6.45, 7) is 0.390. The lowest BCUT2D eigenvalue weighted by atomic mass is 10.1. The fourth-order valence-corrected chi connectivity index (χ4v) is 1.38. The predicted octanol–water partition coefficient (Wildman–Crippen LogP) is 1.40. The van der Waals surface area contributed by atoms with Gasteiger partial charge < -0.3 is 10.8 Å². The molecule has 0 bridgehead atoms. The number of phenols is 1. The summed E-state index contributed by atoms with van der Waals surface area (Å²) in [5, 5.41) is 11.3. The molecule has 0 unspecified atom stereocenters. The zero-order valence-electron chi connectivity index (χ0n) is 7.07. The van der Waals surface area contributed by atoms with Crippen molar-refractivity contribution in [2.75, 3.05) is 0 Å². The molecule has 1 aromatic carbocycles. The molecule has 2 rings (SSSR count). The normalized spacial score (nSPS) is 10.5. The number of phenolic OH excluding ortho intramolecular Hbond substituents is 1. The van der Waals surface area contributed by atoms with Crippen molar-refractivity contribution in [1.82, 2.24) is 4.98 Å². The molecule has 0 spiro atoms. The fourth-order valence-electron chi connectivity index (χ4n) is 1.38. The highest BCUT2D eigenvalue weighted by molar-refractivity contribution is 5.85. The summed E-state index contributed by atoms with van der Waals surface area (Å²) in [5.74, 6) is 0.246. The van der Waals surface area contributed by atoms with Crippen molar-refractivity contribution in [2.24, 2.45) is 5.73 Å². The molecule has 0 aliphatic rings. The zero-order chi connectivity index (χ0) is 9.26. The van der Waals surface area contributed by atoms with Crippen LogP contribution in [-0.4, -0.2) is 10.1 Å². The van der Waals surface area contributed by atoms with Crippen molar-refractivity contribution >= 4 is 10.8 Å². The van der Waals surface area contributed by atoms with E-state index in [-0.39, 0.29) is 5.75 Å². The molecule has 1 heterocycles. The minimum atomic E-state index is 0.246. The van der Waals surface area contributed by atoms with Crippen molar-refractivity contribution in [3.8, 4) is 5.75 Å². The molecule has 0 aliphatic heterocycles. The Balaban J connectivity index is 2.79. The second-order valence-electron chi connectivity index (χ2n) is 2.87. The van der Waals surface area contributed by atoms with Gasteiger partial charge in [-0.3, -0.25) is 4.98 Å². The van der Waals surface area contributed by atoms with Crippen LogP contribution < -0.4 is 5.73 Å². The number of rotatable bonds is 1. The van der Waals surface area contributed by atoms with Gasteiger partial charge >= 0.3 is 0 Å². The number of hydrogen-bond acceptors (Lipinski definition) is 3. The molecule has 0 saturated carbocycles. The van der Waals surface area contributed by atoms with Crippen LogP contribution in [0.3, 0.4) is 0 Å². The number of benzene rings is 1. The summed E-state index contributed by atoms with van der Waals surface area (Å²) in [6.07, 6.45) is 1.72. The number of aromatic hydroxyl groups is 1. The van der Waals surface area contributed by atoms with Crippen LogP contribution in [0, 0.1) is 0 Å². The van der Waals surface area contributed by atoms with Crippen LogP contribution in [0.4, 0.5) is 0 Å². The van der Waals surface area contributed by atoms with Gasteiger partial charge in [-0.15, -0.1) is 0 Å². The second kappa shape index (κ2) is 3.03. The third kappa shape index (κ3) is 1.34. The van der Waals surface area contributed by atoms with Gasteiger partial charge in [0.25, 0.3) is 0 Å². The van der Waals surface area contributed by atoms with Crippen LogP contribution in [0.2, 0.25) is 0 Å². The Hall–Kier alpha value is -1.61. The molecule has 13 heavy (non-hydrogen) atoms. The Morgan fingerprint density at radius 3 is 2.92 bits per heavy atom. The molecule has 1 aromatic heterocycles. The van der Waals surface area contributed by atoms with Crippen molar-refractivity contribution in [3.63, 3.8) is 0 Å². The SMILES string of the molecule is NCc1nccc2ccc(O)cc12. The van der Waals surface area contributed by atoms with E-state index >= 15 is 0 Å². The highest BCUT2D eigenvalue weighted by Crippen LogP contribution is 2.21. The van der Waals surface area contributed by atoms with Gasteiger partial charge in [0.1, 0.15) is 5.75 Å². The van der Waals surface area contributed by atoms with E-state index in [1.165, 1.54) is 0 Å². The van der Waals surface area contributed by atoms with Gasteiger partial charge in [-0.05, 0) is 23.6 Å². The maximum absolute atomic E-state index is 9.28. The van der Waals surface area contributed by atoms with Gasteiger partial charge in [0.15, 0.2) is 0 Å². The van der Waals surface area contributed by atoms with E-state index < -0.39 is 0 Å². The first-order valence-corrected chi connectivity index (χ1v) is 4.08. The molecular weight excluding hydrogens is 164 g/mol. The maximum atomic E-state index is 9.28. The summed E-state index contributed by atoms with van der Waals surface area (Å²) in [7, 11) is 0. The average molecular weight is 174 g/mol. The van der Waals surface area contributed by atoms with Crippen LogP contribution in [0.15, 0.2) is 30.5 Å². The van der Waals surface area contributed by atoms with E-state index in [2.05, 4.69) is 4.98 Å². The molecule has 0 radical (unpaired) electrons. The van der Waals surface area contributed by atoms with Crippen LogP contribution in [0.5, 0.6) is 5.75 Å². The van der Waals surface area contributed by atoms with E-state index in [0.29, 0.717) is 6.54 Å². The summed E-state index contributed by atoms with van der Waals surface area (Å²) >= 11 is 0. The number of pyridine rings is 1. The van der Waals surface area contributed by atoms with Crippen LogP contribution in [0.25, 0.3) is 10.8 Å². The first kappa shape index (κ1) is 8.01. The number of hydrogen-bond donors (Lipinski definition) is 2. The molecule has 3 nitrogen and oxygen atoms in total. The van der Waals surface area contributed by atoms with E-state index in [1.807, 2.05) is 12.1 Å². The van der Waals surface area contributed by atoms with E-state index in [4.69, 9.17) is 5.73 Å². The molecule has 3 N–H and O–H groups in total. The second-order valence-corrected chi connectivity index (χ2v) is 2.87. The van der Waals surface area contributed by atoms with Gasteiger partial charge in [-0.2, -0.15) is 0 Å². The van der Waals surface area contributed by atoms with Crippen molar-refractivity contribution in [3.05, 3.63) is 36.2 Å². The Kier molecular flexibility index (Phi) is 1.87. The molecule has 2 aromatic rings. The van der Waals surface area contributed by atoms with Crippen molar-refractivity contribution in [2.45, 2.75) is 6.54 Å². The zero-order valence-corrected chi connectivity index (χ0v) is 7.07. The lowest BCUT2D eigenvalue weighted by Gasteiger charge is -2.02. The molecule has 0 amide bonds. The number of fused-ring (bicyclic) bond motifs is 1. The van der Waals surface area contributed by atoms with Crippen LogP contribution >= 0.6 is 0 Å². The lowest BCUT2D eigenvalue weighted by molar-refractivity contribution is 0.476. The third-order valence-electron chi connectivity index (χ3n) is 2.03. The molecule has 66 valence electrons. The van der Waals surface area contributed by atoms with Gasteiger partial charge in [0, 0.05) is 18.1 Å². The summed E-state index contributed by atoms with van der Waals surface area (Å²) in [6, 6.07) is 7.09. The topological polar surface area (TPSA) is 59.1 Å². The van der Waals surface area contributed by atoms with E-state index in [9.17, 15) is 5.11 Å². The van der Waals surface area contributed by atoms with Gasteiger partial charge in [0.2, 0.25) is 0 Å². The molecule has 0 fully saturated rings. The van der Waals surface area contributed by atoms with Crippen LogP contribution in [-0.2, 0) is 6.54 Å². The largest absolute Gasteiger partial charge is 0.508 e. The fraction of sp³-hybridized carbons (Fsp3) is 0.100. The van der Waals surface area contributed by atoms with Gasteiger partial charge in [0.05, 0.1) is 5.69 Å². The Labute approximate surface area is 75.8 Å². The quantitative estimate of drug-likeness (QED) is 0.687. The van der Waals surface area contributed by atoms with E-state index in [0.717, 1.165) is 16.5 Å². The standard InChI is InChI=1S/C10H10N2O/c11-6-10-9-5-8(13)2-1-7(9)3-4-12-10/h1-5,13H,6,11H2. The molecule has 0 atom stereocenters. The van der Waals surface area contributed by atoms with Gasteiger partial charge in [-0.1, -0.05) is 6.07 Å². The first-order chi connectivity index (χ1) is 6.31. The summed E-state index contributed by atoms with van der Waals surface area (Å²) in [5.41, 5.74) is 6.34. The van der Waals surface area contributed by atoms with Gasteiger partial charge in [-0.25, -0.2) is 0 Å². The highest BCUT2D eigenvalue weighted by atomic mass is 16.3. The van der Waals surface area contributed by atoms with Crippen LogP contribution in [0.1, 0.15) is 5.69 Å². The average Bonchev–Trinajstić information content (AvgIpc) is 2.17. The minimum absolute atomic E-state index is 0.246. The molecule has 3 heteroatoms. The highest BCUT2D eigenvalue weighted by Gasteiger charge is 2.00. The predicted molar refractivity (Wildman–Crippen MR) is 51.3 cm³/mol. The summed E-state index contributed by atoms with van der Waals surface area (Å²) in [4.78, 5) is 4.13. The Morgan fingerprint density at radius 1 is 1.31 bits per heavy atom. The maximum Gasteiger partial charge on any atom is 0.116 e. The number of nitrogens with zero attached hydrogens (tertiary/aromatic N) is 1. The molecular formula is C10H10N2O. The van der Waals surface area contributed by atoms with Crippen molar-refractivity contribution in [1.29, 1.82) is 0 Å². The monoisotopic (exact) mass is 174 g/mol. The molecule has 0 saturated heterocycles. The third-order valence-corrected chi connectivity index (χ3v) is 2.03. The first-order valence-electron chi connectivity index (χ1n) is 4.08. The molecule has 0 aliphatic carbocycles. The summed E-state index contributed by atoms with van der Waals surface area (Å²) < 4.78 is 0. The Bertz CT molecular complexity index is 440. The van der Waals surface area contributed by atoms with Crippen molar-refractivity contribution < 1.29 is 5.11 Å². The number of aromatic nitrogens is 1. The smallest absolute Gasteiger partial charge is 0.116 e.